The SMILES string of the molecule is COc1ccc(-c2csc(NC(=O)CCSC)n2)cc1. The molecule has 1 aromatic carbocycles. The monoisotopic (exact) mass is 308 g/mol. The van der Waals surface area contributed by atoms with Gasteiger partial charge in [0.25, 0.3) is 0 Å². The van der Waals surface area contributed by atoms with E-state index in [1.165, 1.54) is 11.3 Å². The predicted octanol–water partition coefficient (Wildman–Crippen LogP) is 3.51. The molecule has 0 aliphatic heterocycles. The van der Waals surface area contributed by atoms with Gasteiger partial charge in [0.2, 0.25) is 5.91 Å². The zero-order valence-corrected chi connectivity index (χ0v) is 13.0. The molecule has 0 radical (unpaired) electrons. The highest BCUT2D eigenvalue weighted by molar-refractivity contribution is 7.98. The summed E-state index contributed by atoms with van der Waals surface area (Å²) in [6, 6.07) is 7.69. The number of aromatic nitrogens is 1. The van der Waals surface area contributed by atoms with E-state index in [1.807, 2.05) is 35.9 Å². The van der Waals surface area contributed by atoms with Gasteiger partial charge in [0.05, 0.1) is 12.8 Å². The van der Waals surface area contributed by atoms with E-state index < -0.39 is 0 Å². The average molecular weight is 308 g/mol. The van der Waals surface area contributed by atoms with Crippen LogP contribution in [0.2, 0.25) is 0 Å². The van der Waals surface area contributed by atoms with E-state index in [1.54, 1.807) is 18.9 Å². The molecule has 0 saturated carbocycles. The summed E-state index contributed by atoms with van der Waals surface area (Å²) >= 11 is 3.09. The summed E-state index contributed by atoms with van der Waals surface area (Å²) in [4.78, 5) is 16.0. The number of nitrogens with zero attached hydrogens (tertiary/aromatic N) is 1. The maximum absolute atomic E-state index is 11.6. The van der Waals surface area contributed by atoms with Crippen molar-refractivity contribution in [2.24, 2.45) is 0 Å². The fourth-order valence-corrected chi connectivity index (χ4v) is 2.73. The molecule has 20 heavy (non-hydrogen) atoms. The van der Waals surface area contributed by atoms with Crippen molar-refractivity contribution in [3.8, 4) is 17.0 Å². The Hall–Kier alpha value is -1.53. The topological polar surface area (TPSA) is 51.2 Å². The van der Waals surface area contributed by atoms with Gasteiger partial charge in [0, 0.05) is 23.1 Å². The molecule has 0 spiro atoms. The molecule has 0 aliphatic carbocycles. The molecular weight excluding hydrogens is 292 g/mol. The molecule has 2 aromatic rings. The van der Waals surface area contributed by atoms with Gasteiger partial charge in [-0.3, -0.25) is 4.79 Å². The Balaban J connectivity index is 2.02. The van der Waals surface area contributed by atoms with Crippen LogP contribution in [0.25, 0.3) is 11.3 Å². The summed E-state index contributed by atoms with van der Waals surface area (Å²) in [6.07, 6.45) is 2.50. The van der Waals surface area contributed by atoms with Gasteiger partial charge in [-0.2, -0.15) is 11.8 Å². The Kier molecular flexibility index (Phi) is 5.43. The lowest BCUT2D eigenvalue weighted by atomic mass is 10.2. The van der Waals surface area contributed by atoms with Crippen molar-refractivity contribution in [3.63, 3.8) is 0 Å². The van der Waals surface area contributed by atoms with E-state index in [0.717, 1.165) is 22.8 Å². The summed E-state index contributed by atoms with van der Waals surface area (Å²) in [5.74, 6) is 1.65. The summed E-state index contributed by atoms with van der Waals surface area (Å²) in [5.41, 5.74) is 1.87. The number of carbonyl (C=O) groups is 1. The second-order valence-electron chi connectivity index (χ2n) is 4.06. The van der Waals surface area contributed by atoms with Gasteiger partial charge in [-0.1, -0.05) is 0 Å². The lowest BCUT2D eigenvalue weighted by molar-refractivity contribution is -0.115. The van der Waals surface area contributed by atoms with Crippen molar-refractivity contribution >= 4 is 34.1 Å². The van der Waals surface area contributed by atoms with Crippen LogP contribution in [0.1, 0.15) is 6.42 Å². The minimum absolute atomic E-state index is 0.00924. The molecule has 2 rings (SSSR count). The number of hydrogen-bond donors (Lipinski definition) is 1. The zero-order chi connectivity index (χ0) is 14.4. The number of ether oxygens (including phenoxy) is 1. The summed E-state index contributed by atoms with van der Waals surface area (Å²) < 4.78 is 5.12. The third kappa shape index (κ3) is 3.98. The number of thioether (sulfide) groups is 1. The van der Waals surface area contributed by atoms with Gasteiger partial charge < -0.3 is 10.1 Å². The molecule has 4 nitrogen and oxygen atoms in total. The first-order valence-corrected chi connectivity index (χ1v) is 8.39. The van der Waals surface area contributed by atoms with E-state index in [-0.39, 0.29) is 5.91 Å². The second-order valence-corrected chi connectivity index (χ2v) is 5.90. The first kappa shape index (κ1) is 14.9. The highest BCUT2D eigenvalue weighted by atomic mass is 32.2. The van der Waals surface area contributed by atoms with Crippen molar-refractivity contribution in [3.05, 3.63) is 29.6 Å². The number of thiazole rings is 1. The molecule has 1 heterocycles. The van der Waals surface area contributed by atoms with Crippen molar-refractivity contribution in [1.82, 2.24) is 4.98 Å². The number of anilines is 1. The standard InChI is InChI=1S/C14H16N2O2S2/c1-18-11-5-3-10(4-6-11)12-9-20-14(15-12)16-13(17)7-8-19-2/h3-6,9H,7-8H2,1-2H3,(H,15,16,17). The zero-order valence-electron chi connectivity index (χ0n) is 11.4. The van der Waals surface area contributed by atoms with Crippen LogP contribution in [0.3, 0.4) is 0 Å². The number of rotatable bonds is 6. The molecule has 6 heteroatoms. The lowest BCUT2D eigenvalue weighted by Gasteiger charge is -2.01. The van der Waals surface area contributed by atoms with E-state index in [2.05, 4.69) is 10.3 Å². The number of nitrogens with one attached hydrogen (secondary N) is 1. The van der Waals surface area contributed by atoms with Gasteiger partial charge in [0.15, 0.2) is 5.13 Å². The number of methoxy groups -OCH3 is 1. The Morgan fingerprint density at radius 3 is 2.80 bits per heavy atom. The molecule has 0 fully saturated rings. The predicted molar refractivity (Wildman–Crippen MR) is 85.7 cm³/mol. The molecule has 0 aliphatic rings. The molecule has 0 unspecified atom stereocenters. The van der Waals surface area contributed by atoms with E-state index >= 15 is 0 Å². The van der Waals surface area contributed by atoms with Crippen LogP contribution >= 0.6 is 23.1 Å². The Labute approximate surface area is 126 Å². The van der Waals surface area contributed by atoms with Crippen molar-refractivity contribution in [1.29, 1.82) is 0 Å². The average Bonchev–Trinajstić information content (AvgIpc) is 2.93. The third-order valence-corrected chi connectivity index (χ3v) is 4.04. The molecule has 0 bridgehead atoms. The third-order valence-electron chi connectivity index (χ3n) is 2.67. The smallest absolute Gasteiger partial charge is 0.226 e. The van der Waals surface area contributed by atoms with Crippen molar-refractivity contribution in [2.45, 2.75) is 6.42 Å². The minimum Gasteiger partial charge on any atom is -0.497 e. The second kappa shape index (κ2) is 7.31. The molecule has 1 N–H and O–H groups in total. The summed E-state index contributed by atoms with van der Waals surface area (Å²) in [7, 11) is 1.64. The van der Waals surface area contributed by atoms with Gasteiger partial charge in [-0.05, 0) is 30.5 Å². The van der Waals surface area contributed by atoms with Gasteiger partial charge in [0.1, 0.15) is 5.75 Å². The number of amides is 1. The fraction of sp³-hybridized carbons (Fsp3) is 0.286. The quantitative estimate of drug-likeness (QED) is 0.887. The number of hydrogen-bond acceptors (Lipinski definition) is 5. The van der Waals surface area contributed by atoms with Gasteiger partial charge in [-0.15, -0.1) is 11.3 Å². The normalized spacial score (nSPS) is 10.3. The molecule has 106 valence electrons. The minimum atomic E-state index is 0.00924. The lowest BCUT2D eigenvalue weighted by Crippen LogP contribution is -2.11. The molecule has 0 atom stereocenters. The van der Waals surface area contributed by atoms with E-state index in [9.17, 15) is 4.79 Å². The first-order valence-electron chi connectivity index (χ1n) is 6.11. The first-order chi connectivity index (χ1) is 9.72. The largest absolute Gasteiger partial charge is 0.497 e. The molecular formula is C14H16N2O2S2. The molecule has 1 aromatic heterocycles. The fourth-order valence-electron chi connectivity index (χ4n) is 1.60. The number of carbonyl (C=O) groups excluding carboxylic acids is 1. The highest BCUT2D eigenvalue weighted by Gasteiger charge is 2.07. The van der Waals surface area contributed by atoms with E-state index in [4.69, 9.17) is 4.74 Å². The maximum atomic E-state index is 11.6. The maximum Gasteiger partial charge on any atom is 0.226 e. The number of benzene rings is 1. The van der Waals surface area contributed by atoms with Crippen molar-refractivity contribution in [2.75, 3.05) is 24.4 Å². The molecule has 0 saturated heterocycles. The van der Waals surface area contributed by atoms with Crippen LogP contribution in [0, 0.1) is 0 Å². The Morgan fingerprint density at radius 2 is 2.15 bits per heavy atom. The Morgan fingerprint density at radius 1 is 1.40 bits per heavy atom. The van der Waals surface area contributed by atoms with Crippen molar-refractivity contribution < 1.29 is 9.53 Å². The summed E-state index contributed by atoms with van der Waals surface area (Å²) in [6.45, 7) is 0. The van der Waals surface area contributed by atoms with Crippen LogP contribution < -0.4 is 10.1 Å². The van der Waals surface area contributed by atoms with Gasteiger partial charge >= 0.3 is 0 Å². The van der Waals surface area contributed by atoms with E-state index in [0.29, 0.717) is 11.6 Å². The Bertz CT molecular complexity index is 567. The van der Waals surface area contributed by atoms with Crippen LogP contribution in [0.4, 0.5) is 5.13 Å². The van der Waals surface area contributed by atoms with Crippen LogP contribution in [-0.4, -0.2) is 30.0 Å². The summed E-state index contributed by atoms with van der Waals surface area (Å²) in [5, 5.41) is 5.40. The molecule has 1 amide bonds. The van der Waals surface area contributed by atoms with Crippen LogP contribution in [0.15, 0.2) is 29.6 Å². The highest BCUT2D eigenvalue weighted by Crippen LogP contribution is 2.26. The van der Waals surface area contributed by atoms with Crippen LogP contribution in [-0.2, 0) is 4.79 Å². The van der Waals surface area contributed by atoms with Crippen LogP contribution in [0.5, 0.6) is 5.75 Å². The van der Waals surface area contributed by atoms with Gasteiger partial charge in [-0.25, -0.2) is 4.98 Å².